The molecule has 1 heterocycles. The molecule has 5 nitrogen and oxygen atoms in total. The number of anilines is 2. The first-order valence-corrected chi connectivity index (χ1v) is 6.49. The van der Waals surface area contributed by atoms with Gasteiger partial charge in [0.05, 0.1) is 0 Å². The second-order valence-corrected chi connectivity index (χ2v) is 4.99. The fourth-order valence-electron chi connectivity index (χ4n) is 1.65. The van der Waals surface area contributed by atoms with Gasteiger partial charge in [0.15, 0.2) is 0 Å². The highest BCUT2D eigenvalue weighted by Gasteiger charge is 2.10. The Morgan fingerprint density at radius 1 is 1.33 bits per heavy atom. The standard InChI is InChI=1S/C13H25N5/c1-9(2)18(5)13-8-12(16-11(4)17-13)15-10(3)6-7-14/h8-10H,6-7,14H2,1-5H3,(H,15,16,17). The molecule has 0 fully saturated rings. The highest BCUT2D eigenvalue weighted by molar-refractivity contribution is 5.49. The maximum absolute atomic E-state index is 5.55. The molecule has 1 aromatic heterocycles. The van der Waals surface area contributed by atoms with Gasteiger partial charge in [-0.05, 0) is 40.7 Å². The van der Waals surface area contributed by atoms with Crippen molar-refractivity contribution in [3.05, 3.63) is 11.9 Å². The van der Waals surface area contributed by atoms with Gasteiger partial charge in [-0.25, -0.2) is 9.97 Å². The Labute approximate surface area is 110 Å². The van der Waals surface area contributed by atoms with Gasteiger partial charge in [0.25, 0.3) is 0 Å². The molecule has 0 aliphatic heterocycles. The van der Waals surface area contributed by atoms with E-state index in [9.17, 15) is 0 Å². The maximum atomic E-state index is 5.55. The van der Waals surface area contributed by atoms with Gasteiger partial charge in [0.1, 0.15) is 17.5 Å². The smallest absolute Gasteiger partial charge is 0.134 e. The molecule has 1 rings (SSSR count). The Bertz CT molecular complexity index is 378. The van der Waals surface area contributed by atoms with E-state index < -0.39 is 0 Å². The summed E-state index contributed by atoms with van der Waals surface area (Å²) in [6.45, 7) is 8.98. The summed E-state index contributed by atoms with van der Waals surface area (Å²) in [7, 11) is 2.04. The predicted molar refractivity (Wildman–Crippen MR) is 77.1 cm³/mol. The number of rotatable bonds is 6. The Morgan fingerprint density at radius 3 is 2.56 bits per heavy atom. The van der Waals surface area contributed by atoms with Gasteiger partial charge in [-0.2, -0.15) is 0 Å². The molecule has 18 heavy (non-hydrogen) atoms. The van der Waals surface area contributed by atoms with Crippen molar-refractivity contribution in [1.82, 2.24) is 9.97 Å². The molecule has 0 amide bonds. The van der Waals surface area contributed by atoms with Gasteiger partial charge in [-0.15, -0.1) is 0 Å². The lowest BCUT2D eigenvalue weighted by molar-refractivity contribution is 0.709. The molecule has 1 atom stereocenters. The van der Waals surface area contributed by atoms with Crippen LogP contribution in [0.15, 0.2) is 6.07 Å². The molecule has 0 aromatic carbocycles. The number of aromatic nitrogens is 2. The molecular formula is C13H25N5. The van der Waals surface area contributed by atoms with Crippen molar-refractivity contribution in [3.8, 4) is 0 Å². The van der Waals surface area contributed by atoms with Crippen molar-refractivity contribution >= 4 is 11.6 Å². The molecule has 1 unspecified atom stereocenters. The zero-order chi connectivity index (χ0) is 13.7. The van der Waals surface area contributed by atoms with Crippen molar-refractivity contribution in [2.75, 3.05) is 23.8 Å². The lowest BCUT2D eigenvalue weighted by Crippen LogP contribution is -2.27. The molecule has 3 N–H and O–H groups in total. The van der Waals surface area contributed by atoms with Crippen molar-refractivity contribution in [2.45, 2.75) is 46.2 Å². The minimum atomic E-state index is 0.321. The molecule has 0 spiro atoms. The fourth-order valence-corrected chi connectivity index (χ4v) is 1.65. The number of nitrogens with two attached hydrogens (primary N) is 1. The first-order valence-electron chi connectivity index (χ1n) is 6.49. The van der Waals surface area contributed by atoms with Gasteiger partial charge in [-0.3, -0.25) is 0 Å². The average Bonchev–Trinajstić information content (AvgIpc) is 2.27. The van der Waals surface area contributed by atoms with E-state index in [1.165, 1.54) is 0 Å². The van der Waals surface area contributed by atoms with Crippen LogP contribution in [0.4, 0.5) is 11.6 Å². The molecule has 0 bridgehead atoms. The molecule has 0 radical (unpaired) electrons. The van der Waals surface area contributed by atoms with Crippen LogP contribution >= 0.6 is 0 Å². The minimum Gasteiger partial charge on any atom is -0.367 e. The molecule has 102 valence electrons. The first kappa shape index (κ1) is 14.7. The van der Waals surface area contributed by atoms with E-state index in [0.717, 1.165) is 23.9 Å². The van der Waals surface area contributed by atoms with Gasteiger partial charge in [0, 0.05) is 25.2 Å². The molecule has 0 saturated carbocycles. The zero-order valence-corrected chi connectivity index (χ0v) is 12.1. The second kappa shape index (κ2) is 6.54. The van der Waals surface area contributed by atoms with Crippen LogP contribution in [0.25, 0.3) is 0 Å². The number of nitrogens with zero attached hydrogens (tertiary/aromatic N) is 3. The third-order valence-electron chi connectivity index (χ3n) is 2.95. The van der Waals surface area contributed by atoms with Crippen LogP contribution in [0.3, 0.4) is 0 Å². The number of nitrogens with one attached hydrogen (secondary N) is 1. The summed E-state index contributed by atoms with van der Waals surface area (Å²) in [5.41, 5.74) is 5.55. The van der Waals surface area contributed by atoms with Gasteiger partial charge < -0.3 is 16.0 Å². The quantitative estimate of drug-likeness (QED) is 0.806. The lowest BCUT2D eigenvalue weighted by atomic mass is 10.2. The Hall–Kier alpha value is -1.36. The summed E-state index contributed by atoms with van der Waals surface area (Å²) in [4.78, 5) is 11.0. The van der Waals surface area contributed by atoms with E-state index in [2.05, 4.69) is 41.0 Å². The Kier molecular flexibility index (Phi) is 5.34. The summed E-state index contributed by atoms with van der Waals surface area (Å²) in [5.74, 6) is 2.59. The summed E-state index contributed by atoms with van der Waals surface area (Å²) in [6.07, 6.45) is 0.929. The van der Waals surface area contributed by atoms with E-state index in [4.69, 9.17) is 5.73 Å². The van der Waals surface area contributed by atoms with Crippen LogP contribution < -0.4 is 16.0 Å². The third-order valence-corrected chi connectivity index (χ3v) is 2.95. The normalized spacial score (nSPS) is 12.6. The number of aryl methyl sites for hydroxylation is 1. The predicted octanol–water partition coefficient (Wildman–Crippen LogP) is 1.78. The summed E-state index contributed by atoms with van der Waals surface area (Å²) in [5, 5.41) is 3.36. The molecule has 1 aromatic rings. The second-order valence-electron chi connectivity index (χ2n) is 4.99. The van der Waals surface area contributed by atoms with Crippen LogP contribution in [0.1, 0.15) is 33.0 Å². The van der Waals surface area contributed by atoms with Gasteiger partial charge >= 0.3 is 0 Å². The largest absolute Gasteiger partial charge is 0.367 e. The van der Waals surface area contributed by atoms with Gasteiger partial charge in [-0.1, -0.05) is 0 Å². The van der Waals surface area contributed by atoms with E-state index in [1.54, 1.807) is 0 Å². The average molecular weight is 251 g/mol. The van der Waals surface area contributed by atoms with Crippen LogP contribution in [-0.2, 0) is 0 Å². The molecule has 0 aliphatic rings. The van der Waals surface area contributed by atoms with Crippen LogP contribution in [0.2, 0.25) is 0 Å². The number of hydrogen-bond donors (Lipinski definition) is 2. The van der Waals surface area contributed by atoms with E-state index in [0.29, 0.717) is 18.6 Å². The monoisotopic (exact) mass is 251 g/mol. The molecule has 0 saturated heterocycles. The summed E-state index contributed by atoms with van der Waals surface area (Å²) in [6, 6.07) is 2.72. The first-order chi connectivity index (χ1) is 8.43. The van der Waals surface area contributed by atoms with Crippen molar-refractivity contribution in [1.29, 1.82) is 0 Å². The van der Waals surface area contributed by atoms with Crippen LogP contribution in [-0.4, -0.2) is 35.6 Å². The van der Waals surface area contributed by atoms with Crippen molar-refractivity contribution < 1.29 is 0 Å². The molecular weight excluding hydrogens is 226 g/mol. The third kappa shape index (κ3) is 4.14. The maximum Gasteiger partial charge on any atom is 0.134 e. The SMILES string of the molecule is Cc1nc(NC(C)CCN)cc(N(C)C(C)C)n1. The molecule has 0 aliphatic carbocycles. The fraction of sp³-hybridized carbons (Fsp3) is 0.692. The molecule has 5 heteroatoms. The van der Waals surface area contributed by atoms with Crippen LogP contribution in [0.5, 0.6) is 0 Å². The number of hydrogen-bond acceptors (Lipinski definition) is 5. The van der Waals surface area contributed by atoms with E-state index >= 15 is 0 Å². The van der Waals surface area contributed by atoms with Crippen molar-refractivity contribution in [3.63, 3.8) is 0 Å². The topological polar surface area (TPSA) is 67.1 Å². The highest BCUT2D eigenvalue weighted by atomic mass is 15.2. The Morgan fingerprint density at radius 2 is 2.00 bits per heavy atom. The van der Waals surface area contributed by atoms with Crippen molar-refractivity contribution in [2.24, 2.45) is 5.73 Å². The van der Waals surface area contributed by atoms with E-state index in [1.807, 2.05) is 20.0 Å². The Balaban J connectivity index is 2.87. The summed E-state index contributed by atoms with van der Waals surface area (Å²) < 4.78 is 0. The zero-order valence-electron chi connectivity index (χ0n) is 12.1. The summed E-state index contributed by atoms with van der Waals surface area (Å²) >= 11 is 0. The van der Waals surface area contributed by atoms with Crippen LogP contribution in [0, 0.1) is 6.92 Å². The highest BCUT2D eigenvalue weighted by Crippen LogP contribution is 2.17. The minimum absolute atomic E-state index is 0.321. The van der Waals surface area contributed by atoms with Gasteiger partial charge in [0.2, 0.25) is 0 Å². The lowest BCUT2D eigenvalue weighted by Gasteiger charge is -2.23. The van der Waals surface area contributed by atoms with E-state index in [-0.39, 0.29) is 0 Å².